The molecule has 136 valence electrons. The van der Waals surface area contributed by atoms with Gasteiger partial charge in [0.15, 0.2) is 0 Å². The first-order valence-electron chi connectivity index (χ1n) is 9.11. The quantitative estimate of drug-likeness (QED) is 0.828. The van der Waals surface area contributed by atoms with Crippen LogP contribution < -0.4 is 0 Å². The fourth-order valence-electron chi connectivity index (χ4n) is 3.63. The van der Waals surface area contributed by atoms with Crippen LogP contribution in [0.25, 0.3) is 0 Å². The van der Waals surface area contributed by atoms with Crippen molar-refractivity contribution in [1.29, 1.82) is 0 Å². The average molecular weight is 364 g/mol. The number of rotatable bonds is 3. The van der Waals surface area contributed by atoms with Crippen molar-refractivity contribution < 1.29 is 9.59 Å². The van der Waals surface area contributed by atoms with Gasteiger partial charge in [0.2, 0.25) is 5.91 Å². The minimum atomic E-state index is 0.0345. The van der Waals surface area contributed by atoms with Gasteiger partial charge in [0, 0.05) is 49.4 Å². The summed E-state index contributed by atoms with van der Waals surface area (Å²) in [7, 11) is 0. The predicted molar refractivity (Wildman–Crippen MR) is 98.8 cm³/mol. The van der Waals surface area contributed by atoms with E-state index in [2.05, 4.69) is 11.8 Å². The van der Waals surface area contributed by atoms with Gasteiger partial charge in [-0.3, -0.25) is 14.5 Å². The molecule has 3 rings (SSSR count). The second-order valence-corrected chi connectivity index (χ2v) is 7.44. The zero-order chi connectivity index (χ0) is 17.8. The van der Waals surface area contributed by atoms with Crippen LogP contribution in [0.4, 0.5) is 0 Å². The minimum Gasteiger partial charge on any atom is -0.339 e. The van der Waals surface area contributed by atoms with Crippen molar-refractivity contribution in [2.24, 2.45) is 0 Å². The summed E-state index contributed by atoms with van der Waals surface area (Å²) in [6, 6.07) is 7.36. The molecule has 2 fully saturated rings. The van der Waals surface area contributed by atoms with Gasteiger partial charge in [-0.25, -0.2) is 0 Å². The third-order valence-corrected chi connectivity index (χ3v) is 5.48. The molecule has 0 spiro atoms. The molecule has 2 aliphatic rings. The number of amides is 2. The molecule has 2 heterocycles. The fourth-order valence-corrected chi connectivity index (χ4v) is 3.76. The molecular weight excluding hydrogens is 338 g/mol. The minimum absolute atomic E-state index is 0.0345. The summed E-state index contributed by atoms with van der Waals surface area (Å²) in [5, 5.41) is 0.631. The molecule has 5 nitrogen and oxygen atoms in total. The van der Waals surface area contributed by atoms with Gasteiger partial charge in [0.05, 0.1) is 6.54 Å². The molecule has 6 heteroatoms. The number of nitrogens with zero attached hydrogens (tertiary/aromatic N) is 3. The second-order valence-electron chi connectivity index (χ2n) is 7.01. The number of halogens is 1. The number of piperidine rings is 1. The highest BCUT2D eigenvalue weighted by molar-refractivity contribution is 6.30. The molecule has 0 radical (unpaired) electrons. The van der Waals surface area contributed by atoms with Crippen LogP contribution in [-0.4, -0.2) is 71.8 Å². The van der Waals surface area contributed by atoms with E-state index in [1.165, 1.54) is 6.42 Å². The maximum Gasteiger partial charge on any atom is 0.253 e. The van der Waals surface area contributed by atoms with Gasteiger partial charge in [-0.15, -0.1) is 0 Å². The van der Waals surface area contributed by atoms with Crippen LogP contribution in [-0.2, 0) is 4.79 Å². The van der Waals surface area contributed by atoms with E-state index in [9.17, 15) is 9.59 Å². The van der Waals surface area contributed by atoms with Crippen LogP contribution in [0.1, 0.15) is 36.5 Å². The Balaban J connectivity index is 1.49. The van der Waals surface area contributed by atoms with E-state index >= 15 is 0 Å². The van der Waals surface area contributed by atoms with Gasteiger partial charge < -0.3 is 9.80 Å². The van der Waals surface area contributed by atoms with Crippen LogP contribution in [0.2, 0.25) is 5.02 Å². The lowest BCUT2D eigenvalue weighted by atomic mass is 10.0. The number of benzene rings is 1. The lowest BCUT2D eigenvalue weighted by Gasteiger charge is -2.38. The highest BCUT2D eigenvalue weighted by Crippen LogP contribution is 2.17. The van der Waals surface area contributed by atoms with Crippen LogP contribution >= 0.6 is 11.6 Å². The molecule has 0 N–H and O–H groups in total. The van der Waals surface area contributed by atoms with E-state index in [-0.39, 0.29) is 11.8 Å². The molecule has 0 aliphatic carbocycles. The summed E-state index contributed by atoms with van der Waals surface area (Å²) >= 11 is 5.88. The zero-order valence-corrected chi connectivity index (χ0v) is 15.5. The number of carbonyl (C=O) groups excluding carboxylic acids is 2. The second kappa shape index (κ2) is 8.19. The molecule has 0 saturated carbocycles. The van der Waals surface area contributed by atoms with Crippen molar-refractivity contribution in [3.05, 3.63) is 34.9 Å². The summed E-state index contributed by atoms with van der Waals surface area (Å²) in [6.07, 6.45) is 3.44. The van der Waals surface area contributed by atoms with Crippen LogP contribution in [0, 0.1) is 0 Å². The fraction of sp³-hybridized carbons (Fsp3) is 0.579. The maximum atomic E-state index is 12.5. The Kier molecular flexibility index (Phi) is 5.97. The third kappa shape index (κ3) is 4.53. The molecule has 1 aromatic rings. The van der Waals surface area contributed by atoms with E-state index in [0.29, 0.717) is 36.3 Å². The van der Waals surface area contributed by atoms with E-state index in [1.54, 1.807) is 24.3 Å². The molecule has 25 heavy (non-hydrogen) atoms. The Morgan fingerprint density at radius 3 is 2.36 bits per heavy atom. The molecule has 1 aromatic carbocycles. The van der Waals surface area contributed by atoms with Gasteiger partial charge in [0.1, 0.15) is 0 Å². The summed E-state index contributed by atoms with van der Waals surface area (Å²) in [5.41, 5.74) is 0.663. The van der Waals surface area contributed by atoms with Crippen LogP contribution in [0.5, 0.6) is 0 Å². The average Bonchev–Trinajstić information content (AvgIpc) is 2.63. The predicted octanol–water partition coefficient (Wildman–Crippen LogP) is 2.50. The SMILES string of the molecule is CC1CCCCN1C(=O)CN1CCN(C(=O)c2ccc(Cl)cc2)CC1. The number of hydrogen-bond donors (Lipinski definition) is 0. The summed E-state index contributed by atoms with van der Waals surface area (Å²) in [5.74, 6) is 0.261. The van der Waals surface area contributed by atoms with E-state index < -0.39 is 0 Å². The lowest BCUT2D eigenvalue weighted by molar-refractivity contribution is -0.136. The highest BCUT2D eigenvalue weighted by Gasteiger charge is 2.27. The first-order valence-corrected chi connectivity index (χ1v) is 9.49. The van der Waals surface area contributed by atoms with E-state index in [4.69, 9.17) is 11.6 Å². The smallest absolute Gasteiger partial charge is 0.253 e. The molecule has 0 aromatic heterocycles. The van der Waals surface area contributed by atoms with Crippen molar-refractivity contribution in [2.45, 2.75) is 32.2 Å². The summed E-state index contributed by atoms with van der Waals surface area (Å²) in [4.78, 5) is 31.1. The molecule has 0 bridgehead atoms. The summed E-state index contributed by atoms with van der Waals surface area (Å²) in [6.45, 7) is 6.29. The van der Waals surface area contributed by atoms with Crippen molar-refractivity contribution in [3.8, 4) is 0 Å². The Morgan fingerprint density at radius 2 is 1.72 bits per heavy atom. The van der Waals surface area contributed by atoms with Gasteiger partial charge in [0.25, 0.3) is 5.91 Å². The third-order valence-electron chi connectivity index (χ3n) is 5.23. The topological polar surface area (TPSA) is 43.9 Å². The largest absolute Gasteiger partial charge is 0.339 e. The first kappa shape index (κ1) is 18.2. The number of likely N-dealkylation sites (tertiary alicyclic amines) is 1. The van der Waals surface area contributed by atoms with Crippen LogP contribution in [0.3, 0.4) is 0 Å². The monoisotopic (exact) mass is 363 g/mol. The van der Waals surface area contributed by atoms with Gasteiger partial charge in [-0.2, -0.15) is 0 Å². The Morgan fingerprint density at radius 1 is 1.04 bits per heavy atom. The normalized spacial score (nSPS) is 22.1. The lowest BCUT2D eigenvalue weighted by Crippen LogP contribution is -2.53. The van der Waals surface area contributed by atoms with E-state index in [1.807, 2.05) is 9.80 Å². The Bertz CT molecular complexity index is 612. The highest BCUT2D eigenvalue weighted by atomic mass is 35.5. The van der Waals surface area contributed by atoms with Gasteiger partial charge in [-0.1, -0.05) is 11.6 Å². The summed E-state index contributed by atoms with van der Waals surface area (Å²) < 4.78 is 0. The van der Waals surface area contributed by atoms with Crippen molar-refractivity contribution in [2.75, 3.05) is 39.3 Å². The zero-order valence-electron chi connectivity index (χ0n) is 14.8. The molecule has 2 amide bonds. The number of piperazine rings is 1. The molecule has 1 atom stereocenters. The van der Waals surface area contributed by atoms with Gasteiger partial charge >= 0.3 is 0 Å². The standard InChI is InChI=1S/C19H26ClN3O2/c1-15-4-2-3-9-23(15)18(24)14-21-10-12-22(13-11-21)19(25)16-5-7-17(20)8-6-16/h5-8,15H,2-4,9-14H2,1H3. The maximum absolute atomic E-state index is 12.5. The number of carbonyl (C=O) groups is 2. The Hall–Kier alpha value is -1.59. The van der Waals surface area contributed by atoms with Crippen molar-refractivity contribution in [3.63, 3.8) is 0 Å². The molecule has 2 aliphatic heterocycles. The molecular formula is C19H26ClN3O2. The van der Waals surface area contributed by atoms with Crippen molar-refractivity contribution in [1.82, 2.24) is 14.7 Å². The molecule has 1 unspecified atom stereocenters. The Labute approximate surface area is 154 Å². The van der Waals surface area contributed by atoms with E-state index in [0.717, 1.165) is 32.5 Å². The molecule has 2 saturated heterocycles. The van der Waals surface area contributed by atoms with Crippen molar-refractivity contribution >= 4 is 23.4 Å². The van der Waals surface area contributed by atoms with Gasteiger partial charge in [-0.05, 0) is 50.5 Å². The first-order chi connectivity index (χ1) is 12.0. The number of hydrogen-bond acceptors (Lipinski definition) is 3. The van der Waals surface area contributed by atoms with Crippen LogP contribution in [0.15, 0.2) is 24.3 Å².